The summed E-state index contributed by atoms with van der Waals surface area (Å²) in [5, 5.41) is 11.4. The molecule has 6 nitrogen and oxygen atoms in total. The van der Waals surface area contributed by atoms with E-state index in [9.17, 15) is 18.0 Å². The van der Waals surface area contributed by atoms with E-state index in [-0.39, 0.29) is 18.9 Å². The van der Waals surface area contributed by atoms with Crippen molar-refractivity contribution in [3.8, 4) is 0 Å². The Balaban J connectivity index is 1.57. The van der Waals surface area contributed by atoms with Crippen molar-refractivity contribution in [3.05, 3.63) is 64.7 Å². The monoisotopic (exact) mass is 411 g/mol. The number of nitrogens with zero attached hydrogens (tertiary/aromatic N) is 4. The lowest BCUT2D eigenvalue weighted by Crippen LogP contribution is -2.15. The number of amides is 1. The molecule has 0 aliphatic rings. The van der Waals surface area contributed by atoms with Crippen molar-refractivity contribution in [2.24, 2.45) is 0 Å². The molecule has 0 aliphatic carbocycles. The highest BCUT2D eigenvalue weighted by molar-refractivity contribution is 6.31. The third-order valence-corrected chi connectivity index (χ3v) is 4.48. The van der Waals surface area contributed by atoms with Gasteiger partial charge in [-0.05, 0) is 24.6 Å². The van der Waals surface area contributed by atoms with E-state index >= 15 is 0 Å². The molecular weight excluding hydrogens is 395 g/mol. The number of hydrogen-bond acceptors (Lipinski definition) is 3. The number of nitrogens with one attached hydrogen (secondary N) is 1. The highest BCUT2D eigenvalue weighted by atomic mass is 35.5. The summed E-state index contributed by atoms with van der Waals surface area (Å²) in [4.78, 5) is 12.1. The molecule has 0 unspecified atom stereocenters. The van der Waals surface area contributed by atoms with E-state index in [2.05, 4.69) is 15.5 Å². The first-order chi connectivity index (χ1) is 13.2. The van der Waals surface area contributed by atoms with Crippen molar-refractivity contribution in [3.63, 3.8) is 0 Å². The van der Waals surface area contributed by atoms with Crippen LogP contribution in [0.5, 0.6) is 0 Å². The van der Waals surface area contributed by atoms with E-state index in [0.29, 0.717) is 22.8 Å². The van der Waals surface area contributed by atoms with Gasteiger partial charge in [0.25, 0.3) is 0 Å². The molecule has 3 aromatic rings. The lowest BCUT2D eigenvalue weighted by Gasteiger charge is -2.08. The van der Waals surface area contributed by atoms with Gasteiger partial charge in [0.1, 0.15) is 0 Å². The third kappa shape index (κ3) is 4.92. The molecule has 0 fully saturated rings. The van der Waals surface area contributed by atoms with Crippen molar-refractivity contribution in [2.45, 2.75) is 32.6 Å². The first-order valence-electron chi connectivity index (χ1n) is 8.39. The highest BCUT2D eigenvalue weighted by Gasteiger charge is 2.30. The van der Waals surface area contributed by atoms with Gasteiger partial charge < -0.3 is 5.32 Å². The van der Waals surface area contributed by atoms with Crippen molar-refractivity contribution in [1.82, 2.24) is 19.6 Å². The van der Waals surface area contributed by atoms with Crippen LogP contribution in [0.1, 0.15) is 23.2 Å². The second kappa shape index (κ2) is 8.05. The maximum absolute atomic E-state index is 12.8. The summed E-state index contributed by atoms with van der Waals surface area (Å²) in [6.07, 6.45) is 0.330. The molecule has 0 spiro atoms. The van der Waals surface area contributed by atoms with E-state index < -0.39 is 11.7 Å². The van der Waals surface area contributed by atoms with Crippen LogP contribution in [0.25, 0.3) is 0 Å². The van der Waals surface area contributed by atoms with Gasteiger partial charge in [0.15, 0.2) is 0 Å². The molecule has 0 saturated carbocycles. The minimum Gasteiger partial charge on any atom is -0.323 e. The first-order valence-corrected chi connectivity index (χ1v) is 8.76. The number of halogens is 4. The molecule has 0 bridgehead atoms. The number of hydrogen-bond donors (Lipinski definition) is 1. The molecule has 0 aliphatic heterocycles. The van der Waals surface area contributed by atoms with Crippen LogP contribution in [-0.4, -0.2) is 25.5 Å². The Kier molecular flexibility index (Phi) is 5.73. The molecule has 2 heterocycles. The van der Waals surface area contributed by atoms with Crippen LogP contribution in [0.15, 0.2) is 42.9 Å². The predicted molar refractivity (Wildman–Crippen MR) is 98.0 cm³/mol. The molecule has 0 atom stereocenters. The van der Waals surface area contributed by atoms with Gasteiger partial charge in [-0.25, -0.2) is 0 Å². The maximum Gasteiger partial charge on any atom is 0.416 e. The van der Waals surface area contributed by atoms with Gasteiger partial charge in [-0.1, -0.05) is 23.7 Å². The Morgan fingerprint density at radius 1 is 1.25 bits per heavy atom. The Morgan fingerprint density at radius 3 is 2.71 bits per heavy atom. The number of anilines is 1. The van der Waals surface area contributed by atoms with Gasteiger partial charge in [0, 0.05) is 12.6 Å². The molecule has 1 N–H and O–H groups in total. The number of carbonyl (C=O) groups excluding carboxylic acids is 1. The molecule has 1 aromatic carbocycles. The average molecular weight is 412 g/mol. The van der Waals surface area contributed by atoms with Crippen LogP contribution >= 0.6 is 11.6 Å². The quantitative estimate of drug-likeness (QED) is 0.663. The summed E-state index contributed by atoms with van der Waals surface area (Å²) in [6.45, 7) is 2.35. The van der Waals surface area contributed by atoms with Crippen LogP contribution in [0.3, 0.4) is 0 Å². The van der Waals surface area contributed by atoms with Crippen LogP contribution in [0.4, 0.5) is 18.9 Å². The van der Waals surface area contributed by atoms with Gasteiger partial charge in [0.2, 0.25) is 5.91 Å². The topological polar surface area (TPSA) is 64.7 Å². The standard InChI is InChI=1S/C18H17ClF3N5O/c1-12-16(19)9-24-27(12)6-5-17(28)25-15-8-23-26(11-15)10-13-3-2-4-14(7-13)18(20,21)22/h2-4,7-9,11H,5-6,10H2,1H3,(H,25,28). The summed E-state index contributed by atoms with van der Waals surface area (Å²) >= 11 is 5.92. The van der Waals surface area contributed by atoms with Gasteiger partial charge in [-0.2, -0.15) is 23.4 Å². The lowest BCUT2D eigenvalue weighted by atomic mass is 10.1. The number of aromatic nitrogens is 4. The Morgan fingerprint density at radius 2 is 2.04 bits per heavy atom. The Bertz CT molecular complexity index is 980. The van der Waals surface area contributed by atoms with Crippen molar-refractivity contribution in [2.75, 3.05) is 5.32 Å². The second-order valence-corrected chi connectivity index (χ2v) is 6.63. The van der Waals surface area contributed by atoms with Crippen molar-refractivity contribution in [1.29, 1.82) is 0 Å². The molecule has 1 amide bonds. The molecule has 2 aromatic heterocycles. The van der Waals surface area contributed by atoms with E-state index in [0.717, 1.165) is 17.8 Å². The van der Waals surface area contributed by atoms with Crippen LogP contribution in [-0.2, 0) is 24.1 Å². The van der Waals surface area contributed by atoms with Gasteiger partial charge in [-0.15, -0.1) is 0 Å². The van der Waals surface area contributed by atoms with Gasteiger partial charge in [0.05, 0.1) is 47.5 Å². The van der Waals surface area contributed by atoms with Gasteiger partial charge >= 0.3 is 6.18 Å². The number of carbonyl (C=O) groups is 1. The summed E-state index contributed by atoms with van der Waals surface area (Å²) < 4.78 is 41.5. The zero-order valence-corrected chi connectivity index (χ0v) is 15.6. The van der Waals surface area contributed by atoms with Gasteiger partial charge in [-0.3, -0.25) is 14.2 Å². The largest absolute Gasteiger partial charge is 0.416 e. The predicted octanol–water partition coefficient (Wildman–Crippen LogP) is 4.14. The number of alkyl halides is 3. The summed E-state index contributed by atoms with van der Waals surface area (Å²) in [5.41, 5.74) is 0.997. The molecule has 10 heteroatoms. The number of aryl methyl sites for hydroxylation is 1. The zero-order valence-electron chi connectivity index (χ0n) is 14.9. The second-order valence-electron chi connectivity index (χ2n) is 6.22. The number of benzene rings is 1. The fourth-order valence-corrected chi connectivity index (χ4v) is 2.77. The first kappa shape index (κ1) is 19.9. The van der Waals surface area contributed by atoms with E-state index in [1.807, 2.05) is 6.92 Å². The smallest absolute Gasteiger partial charge is 0.323 e. The summed E-state index contributed by atoms with van der Waals surface area (Å²) in [5.74, 6) is -0.232. The normalized spacial score (nSPS) is 11.6. The summed E-state index contributed by atoms with van der Waals surface area (Å²) in [6, 6.07) is 5.05. The zero-order chi connectivity index (χ0) is 20.3. The minimum absolute atomic E-state index is 0.158. The molecule has 28 heavy (non-hydrogen) atoms. The van der Waals surface area contributed by atoms with E-state index in [1.165, 1.54) is 23.1 Å². The van der Waals surface area contributed by atoms with E-state index in [1.54, 1.807) is 16.9 Å². The maximum atomic E-state index is 12.8. The van der Waals surface area contributed by atoms with Crippen molar-refractivity contribution >= 4 is 23.2 Å². The summed E-state index contributed by atoms with van der Waals surface area (Å²) in [7, 11) is 0. The molecular formula is C18H17ClF3N5O. The Labute approximate surface area is 163 Å². The molecule has 0 saturated heterocycles. The average Bonchev–Trinajstić information content (AvgIpc) is 3.20. The van der Waals surface area contributed by atoms with E-state index in [4.69, 9.17) is 11.6 Å². The minimum atomic E-state index is -4.39. The molecule has 0 radical (unpaired) electrons. The van der Waals surface area contributed by atoms with Crippen LogP contribution < -0.4 is 5.32 Å². The van der Waals surface area contributed by atoms with Crippen molar-refractivity contribution < 1.29 is 18.0 Å². The fraction of sp³-hybridized carbons (Fsp3) is 0.278. The SMILES string of the molecule is Cc1c(Cl)cnn1CCC(=O)Nc1cnn(Cc2cccc(C(F)(F)F)c2)c1. The third-order valence-electron chi connectivity index (χ3n) is 4.11. The molecule has 148 valence electrons. The Hall–Kier alpha value is -2.81. The van der Waals surface area contributed by atoms with Crippen LogP contribution in [0.2, 0.25) is 5.02 Å². The fourth-order valence-electron chi connectivity index (χ4n) is 2.63. The highest BCUT2D eigenvalue weighted by Crippen LogP contribution is 2.29. The van der Waals surface area contributed by atoms with Crippen LogP contribution in [0, 0.1) is 6.92 Å². The number of rotatable bonds is 6. The lowest BCUT2D eigenvalue weighted by molar-refractivity contribution is -0.137. The molecule has 3 rings (SSSR count).